The van der Waals surface area contributed by atoms with Gasteiger partial charge in [-0.05, 0) is 24.6 Å². The maximum atomic E-state index is 13.2. The van der Waals surface area contributed by atoms with Crippen LogP contribution in [0.15, 0.2) is 48.8 Å². The minimum absolute atomic E-state index is 0.0991. The Labute approximate surface area is 141 Å². The summed E-state index contributed by atoms with van der Waals surface area (Å²) in [6.45, 7) is 1.92. The lowest BCUT2D eigenvalue weighted by Gasteiger charge is -2.16. The third kappa shape index (κ3) is 3.43. The van der Waals surface area contributed by atoms with Gasteiger partial charge in [0.25, 0.3) is 0 Å². The van der Waals surface area contributed by atoms with Crippen LogP contribution in [-0.2, 0) is 6.18 Å². The van der Waals surface area contributed by atoms with Crippen molar-refractivity contribution in [1.29, 1.82) is 0 Å². The molecule has 3 aromatic rings. The van der Waals surface area contributed by atoms with Gasteiger partial charge in [0.15, 0.2) is 5.82 Å². The number of hydrazine groups is 1. The van der Waals surface area contributed by atoms with E-state index in [2.05, 4.69) is 20.4 Å². The molecule has 0 bridgehead atoms. The van der Waals surface area contributed by atoms with Crippen molar-refractivity contribution in [3.63, 3.8) is 0 Å². The van der Waals surface area contributed by atoms with Crippen LogP contribution in [0.4, 0.5) is 19.0 Å². The second-order valence-electron chi connectivity index (χ2n) is 5.36. The van der Waals surface area contributed by atoms with E-state index >= 15 is 0 Å². The largest absolute Gasteiger partial charge is 0.451 e. The van der Waals surface area contributed by atoms with E-state index in [4.69, 9.17) is 5.84 Å². The summed E-state index contributed by atoms with van der Waals surface area (Å²) in [5, 5.41) is 0. The summed E-state index contributed by atoms with van der Waals surface area (Å²) < 4.78 is 39.5. The third-order valence-corrected chi connectivity index (χ3v) is 3.59. The molecule has 8 heteroatoms. The van der Waals surface area contributed by atoms with E-state index in [1.165, 1.54) is 12.4 Å². The molecule has 0 amide bonds. The van der Waals surface area contributed by atoms with Crippen LogP contribution < -0.4 is 11.3 Å². The van der Waals surface area contributed by atoms with Crippen molar-refractivity contribution in [3.8, 4) is 22.4 Å². The summed E-state index contributed by atoms with van der Waals surface area (Å²) >= 11 is 0. The molecule has 3 rings (SSSR count). The molecule has 3 N–H and O–H groups in total. The van der Waals surface area contributed by atoms with Crippen LogP contribution >= 0.6 is 0 Å². The van der Waals surface area contributed by atoms with Crippen molar-refractivity contribution in [2.24, 2.45) is 5.84 Å². The lowest BCUT2D eigenvalue weighted by atomic mass is 9.99. The van der Waals surface area contributed by atoms with Gasteiger partial charge in [-0.2, -0.15) is 13.2 Å². The highest BCUT2D eigenvalue weighted by atomic mass is 19.4. The smallest absolute Gasteiger partial charge is 0.308 e. The van der Waals surface area contributed by atoms with E-state index in [0.29, 0.717) is 16.7 Å². The number of pyridine rings is 1. The number of anilines is 1. The average Bonchev–Trinajstić information content (AvgIpc) is 2.61. The normalized spacial score (nSPS) is 11.4. The van der Waals surface area contributed by atoms with Gasteiger partial charge in [0.2, 0.25) is 5.82 Å². The van der Waals surface area contributed by atoms with Crippen LogP contribution in [0, 0.1) is 6.92 Å². The number of aryl methyl sites for hydroxylation is 1. The molecule has 25 heavy (non-hydrogen) atoms. The molecule has 0 aliphatic carbocycles. The molecule has 0 saturated heterocycles. The predicted octanol–water partition coefficient (Wildman–Crippen LogP) is 3.82. The van der Waals surface area contributed by atoms with Gasteiger partial charge in [-0.3, -0.25) is 4.98 Å². The molecule has 0 fully saturated rings. The van der Waals surface area contributed by atoms with Gasteiger partial charge in [-0.1, -0.05) is 29.8 Å². The van der Waals surface area contributed by atoms with E-state index < -0.39 is 12.0 Å². The molecule has 1 aromatic carbocycles. The lowest BCUT2D eigenvalue weighted by Crippen LogP contribution is -2.17. The van der Waals surface area contributed by atoms with E-state index in [-0.39, 0.29) is 11.5 Å². The van der Waals surface area contributed by atoms with Gasteiger partial charge in [-0.15, -0.1) is 0 Å². The first-order valence-electron chi connectivity index (χ1n) is 7.33. The average molecular weight is 345 g/mol. The van der Waals surface area contributed by atoms with Crippen molar-refractivity contribution in [3.05, 3.63) is 60.2 Å². The number of nitrogens with one attached hydrogen (secondary N) is 1. The van der Waals surface area contributed by atoms with Crippen LogP contribution in [0.1, 0.15) is 11.4 Å². The maximum Gasteiger partial charge on any atom is 0.451 e. The molecule has 0 radical (unpaired) electrons. The highest BCUT2D eigenvalue weighted by Gasteiger charge is 2.36. The fourth-order valence-electron chi connectivity index (χ4n) is 2.40. The van der Waals surface area contributed by atoms with E-state index in [0.717, 1.165) is 5.56 Å². The Bertz CT molecular complexity index is 877. The summed E-state index contributed by atoms with van der Waals surface area (Å²) in [5.41, 5.74) is 4.93. The lowest BCUT2D eigenvalue weighted by molar-refractivity contribution is -0.144. The number of aromatic nitrogens is 3. The second kappa shape index (κ2) is 6.48. The Morgan fingerprint density at radius 1 is 0.920 bits per heavy atom. The van der Waals surface area contributed by atoms with Crippen molar-refractivity contribution in [2.75, 3.05) is 5.43 Å². The molecule has 2 aromatic heterocycles. The predicted molar refractivity (Wildman–Crippen MR) is 88.2 cm³/mol. The van der Waals surface area contributed by atoms with Gasteiger partial charge in [0.1, 0.15) is 0 Å². The van der Waals surface area contributed by atoms with E-state index in [9.17, 15) is 13.2 Å². The number of nitrogen functional groups attached to an aromatic ring is 1. The van der Waals surface area contributed by atoms with E-state index in [1.807, 2.05) is 19.1 Å². The highest BCUT2D eigenvalue weighted by Crippen LogP contribution is 2.38. The number of hydrogen-bond acceptors (Lipinski definition) is 5. The maximum absolute atomic E-state index is 13.2. The zero-order chi connectivity index (χ0) is 18.0. The Kier molecular flexibility index (Phi) is 4.37. The molecule has 0 aliphatic rings. The van der Waals surface area contributed by atoms with Crippen LogP contribution in [0.5, 0.6) is 0 Å². The minimum Gasteiger partial charge on any atom is -0.308 e. The van der Waals surface area contributed by atoms with Gasteiger partial charge in [-0.25, -0.2) is 15.8 Å². The van der Waals surface area contributed by atoms with E-state index in [1.54, 1.807) is 24.3 Å². The topological polar surface area (TPSA) is 76.7 Å². The standard InChI is InChI=1S/C17H14F3N5/c1-10-2-4-11(5-3-10)13-14(12-6-8-22-9-7-12)23-16(17(18,19)20)24-15(13)25-21/h2-9H,21H2,1H3,(H,23,24,25). The van der Waals surface area contributed by atoms with Crippen molar-refractivity contribution in [2.45, 2.75) is 13.1 Å². The summed E-state index contributed by atoms with van der Waals surface area (Å²) in [4.78, 5) is 11.2. The van der Waals surface area contributed by atoms with Crippen LogP contribution in [-0.4, -0.2) is 15.0 Å². The molecule has 0 aliphatic heterocycles. The van der Waals surface area contributed by atoms with Crippen molar-refractivity contribution >= 4 is 5.82 Å². The van der Waals surface area contributed by atoms with Crippen molar-refractivity contribution < 1.29 is 13.2 Å². The zero-order valence-corrected chi connectivity index (χ0v) is 13.2. The Morgan fingerprint density at radius 2 is 1.56 bits per heavy atom. The first-order chi connectivity index (χ1) is 11.9. The molecule has 0 atom stereocenters. The molecule has 0 spiro atoms. The fraction of sp³-hybridized carbons (Fsp3) is 0.118. The molecule has 128 valence electrons. The number of nitrogens with zero attached hydrogens (tertiary/aromatic N) is 3. The number of alkyl halides is 3. The van der Waals surface area contributed by atoms with Crippen molar-refractivity contribution in [1.82, 2.24) is 15.0 Å². The monoisotopic (exact) mass is 345 g/mol. The van der Waals surface area contributed by atoms with Gasteiger partial charge < -0.3 is 5.43 Å². The van der Waals surface area contributed by atoms with Crippen LogP contribution in [0.25, 0.3) is 22.4 Å². The first-order valence-corrected chi connectivity index (χ1v) is 7.33. The van der Waals surface area contributed by atoms with Crippen LogP contribution in [0.3, 0.4) is 0 Å². The van der Waals surface area contributed by atoms with Gasteiger partial charge in [0.05, 0.1) is 11.3 Å². The number of hydrogen-bond donors (Lipinski definition) is 2. The third-order valence-electron chi connectivity index (χ3n) is 3.59. The molecular weight excluding hydrogens is 331 g/mol. The highest BCUT2D eigenvalue weighted by molar-refractivity contribution is 5.88. The van der Waals surface area contributed by atoms with Gasteiger partial charge in [0, 0.05) is 18.0 Å². The summed E-state index contributed by atoms with van der Waals surface area (Å²) in [6.07, 6.45) is -1.72. The van der Waals surface area contributed by atoms with Gasteiger partial charge >= 0.3 is 6.18 Å². The number of rotatable bonds is 3. The summed E-state index contributed by atoms with van der Waals surface area (Å²) in [5.74, 6) is 4.10. The molecule has 0 unspecified atom stereocenters. The van der Waals surface area contributed by atoms with Crippen LogP contribution in [0.2, 0.25) is 0 Å². The number of nitrogens with two attached hydrogens (primary N) is 1. The molecule has 2 heterocycles. The Morgan fingerprint density at radius 3 is 2.12 bits per heavy atom. The summed E-state index contributed by atoms with van der Waals surface area (Å²) in [6, 6.07) is 10.4. The number of halogens is 3. The molecule has 0 saturated carbocycles. The Balaban J connectivity index is 2.33. The fourth-order valence-corrected chi connectivity index (χ4v) is 2.40. The molecular formula is C17H14F3N5. The zero-order valence-electron chi connectivity index (χ0n) is 13.2. The quantitative estimate of drug-likeness (QED) is 0.557. The Hall–Kier alpha value is -3.00. The minimum atomic E-state index is -4.70. The number of benzene rings is 1. The molecule has 5 nitrogen and oxygen atoms in total. The summed E-state index contributed by atoms with van der Waals surface area (Å²) in [7, 11) is 0. The second-order valence-corrected chi connectivity index (χ2v) is 5.36. The first kappa shape index (κ1) is 16.8. The SMILES string of the molecule is Cc1ccc(-c2c(NN)nc(C(F)(F)F)nc2-c2ccncc2)cc1.